The molecule has 1 atom stereocenters. The maximum atomic E-state index is 6.02. The molecule has 3 nitrogen and oxygen atoms in total. The standard InChI is InChI=1S/C15H26N2O/c1-4-5-14(16)10-11-17(2)12-13-6-8-15(18-3)9-7-13/h6-9,14H,4-5,10-12,16H2,1-3H3. The van der Waals surface area contributed by atoms with E-state index in [1.807, 2.05) is 12.1 Å². The van der Waals surface area contributed by atoms with Gasteiger partial charge >= 0.3 is 0 Å². The normalized spacial score (nSPS) is 12.7. The van der Waals surface area contributed by atoms with Gasteiger partial charge < -0.3 is 15.4 Å². The predicted octanol–water partition coefficient (Wildman–Crippen LogP) is 2.64. The molecule has 0 saturated heterocycles. The molecular weight excluding hydrogens is 224 g/mol. The van der Waals surface area contributed by atoms with Gasteiger partial charge in [-0.05, 0) is 44.1 Å². The zero-order chi connectivity index (χ0) is 13.4. The number of nitrogens with two attached hydrogens (primary N) is 1. The molecule has 1 aromatic carbocycles. The van der Waals surface area contributed by atoms with Gasteiger partial charge in [-0.1, -0.05) is 25.5 Å². The summed E-state index contributed by atoms with van der Waals surface area (Å²) in [7, 11) is 3.83. The second-order valence-electron chi connectivity index (χ2n) is 4.92. The molecule has 0 saturated carbocycles. The van der Waals surface area contributed by atoms with Crippen molar-refractivity contribution >= 4 is 0 Å². The number of methoxy groups -OCH3 is 1. The van der Waals surface area contributed by atoms with Crippen LogP contribution in [-0.4, -0.2) is 31.6 Å². The Morgan fingerprint density at radius 2 is 1.89 bits per heavy atom. The van der Waals surface area contributed by atoms with Crippen LogP contribution in [0.5, 0.6) is 5.75 Å². The summed E-state index contributed by atoms with van der Waals surface area (Å²) in [6.45, 7) is 4.19. The number of hydrogen-bond acceptors (Lipinski definition) is 3. The minimum atomic E-state index is 0.341. The van der Waals surface area contributed by atoms with E-state index < -0.39 is 0 Å². The van der Waals surface area contributed by atoms with Crippen LogP contribution in [0.4, 0.5) is 0 Å². The maximum absolute atomic E-state index is 6.02. The van der Waals surface area contributed by atoms with E-state index in [4.69, 9.17) is 10.5 Å². The summed E-state index contributed by atoms with van der Waals surface area (Å²) in [6, 6.07) is 8.58. The highest BCUT2D eigenvalue weighted by Gasteiger charge is 2.05. The Bertz CT molecular complexity index is 324. The average Bonchev–Trinajstić information content (AvgIpc) is 2.38. The monoisotopic (exact) mass is 250 g/mol. The molecule has 1 rings (SSSR count). The summed E-state index contributed by atoms with van der Waals surface area (Å²) in [5.74, 6) is 0.909. The van der Waals surface area contributed by atoms with Gasteiger partial charge in [-0.2, -0.15) is 0 Å². The second kappa shape index (κ2) is 8.11. The van der Waals surface area contributed by atoms with Gasteiger partial charge in [-0.15, -0.1) is 0 Å². The first kappa shape index (κ1) is 15.0. The van der Waals surface area contributed by atoms with E-state index >= 15 is 0 Å². The minimum absolute atomic E-state index is 0.341. The van der Waals surface area contributed by atoms with E-state index in [0.29, 0.717) is 6.04 Å². The molecule has 0 aliphatic rings. The molecule has 0 bridgehead atoms. The first-order valence-electron chi connectivity index (χ1n) is 6.72. The Balaban J connectivity index is 2.32. The van der Waals surface area contributed by atoms with Crippen LogP contribution < -0.4 is 10.5 Å². The Hall–Kier alpha value is -1.06. The molecule has 102 valence electrons. The van der Waals surface area contributed by atoms with Crippen molar-refractivity contribution in [2.45, 2.75) is 38.8 Å². The second-order valence-corrected chi connectivity index (χ2v) is 4.92. The highest BCUT2D eigenvalue weighted by atomic mass is 16.5. The average molecular weight is 250 g/mol. The Kier molecular flexibility index (Phi) is 6.76. The largest absolute Gasteiger partial charge is 0.497 e. The van der Waals surface area contributed by atoms with Gasteiger partial charge in [0.2, 0.25) is 0 Å². The van der Waals surface area contributed by atoms with Gasteiger partial charge in [0.15, 0.2) is 0 Å². The SMILES string of the molecule is CCCC(N)CCN(C)Cc1ccc(OC)cc1. The third kappa shape index (κ3) is 5.52. The van der Waals surface area contributed by atoms with Crippen molar-refractivity contribution in [1.29, 1.82) is 0 Å². The van der Waals surface area contributed by atoms with Gasteiger partial charge in [0.05, 0.1) is 7.11 Å². The van der Waals surface area contributed by atoms with E-state index in [1.54, 1.807) is 7.11 Å². The summed E-state index contributed by atoms with van der Waals surface area (Å²) < 4.78 is 5.15. The predicted molar refractivity (Wildman–Crippen MR) is 76.8 cm³/mol. The highest BCUT2D eigenvalue weighted by Crippen LogP contribution is 2.12. The lowest BCUT2D eigenvalue weighted by Crippen LogP contribution is -2.27. The molecule has 0 spiro atoms. The van der Waals surface area contributed by atoms with Gasteiger partial charge in [0, 0.05) is 12.6 Å². The summed E-state index contributed by atoms with van der Waals surface area (Å²) in [5, 5.41) is 0. The lowest BCUT2D eigenvalue weighted by atomic mass is 10.1. The fraction of sp³-hybridized carbons (Fsp3) is 0.600. The van der Waals surface area contributed by atoms with Crippen molar-refractivity contribution < 1.29 is 4.74 Å². The van der Waals surface area contributed by atoms with Crippen molar-refractivity contribution in [2.24, 2.45) is 5.73 Å². The number of ether oxygens (including phenoxy) is 1. The lowest BCUT2D eigenvalue weighted by Gasteiger charge is -2.19. The molecular formula is C15H26N2O. The molecule has 1 unspecified atom stereocenters. The van der Waals surface area contributed by atoms with E-state index in [0.717, 1.165) is 31.7 Å². The molecule has 0 radical (unpaired) electrons. The lowest BCUT2D eigenvalue weighted by molar-refractivity contribution is 0.307. The zero-order valence-corrected chi connectivity index (χ0v) is 11.9. The molecule has 1 aromatic rings. The molecule has 18 heavy (non-hydrogen) atoms. The van der Waals surface area contributed by atoms with Crippen molar-refractivity contribution in [3.8, 4) is 5.75 Å². The molecule has 0 amide bonds. The number of hydrogen-bond donors (Lipinski definition) is 1. The van der Waals surface area contributed by atoms with Crippen LogP contribution in [-0.2, 0) is 6.54 Å². The molecule has 0 aromatic heterocycles. The first-order chi connectivity index (χ1) is 8.65. The fourth-order valence-corrected chi connectivity index (χ4v) is 2.02. The third-order valence-electron chi connectivity index (χ3n) is 3.15. The quantitative estimate of drug-likeness (QED) is 0.771. The van der Waals surface area contributed by atoms with Crippen LogP contribution in [0.15, 0.2) is 24.3 Å². The van der Waals surface area contributed by atoms with Gasteiger partial charge in [-0.25, -0.2) is 0 Å². The van der Waals surface area contributed by atoms with Crippen LogP contribution in [0.2, 0.25) is 0 Å². The van der Waals surface area contributed by atoms with Crippen LogP contribution in [0, 0.1) is 0 Å². The number of benzene rings is 1. The molecule has 0 fully saturated rings. The third-order valence-corrected chi connectivity index (χ3v) is 3.15. The van der Waals surface area contributed by atoms with Crippen LogP contribution in [0.3, 0.4) is 0 Å². The Morgan fingerprint density at radius 1 is 1.22 bits per heavy atom. The Morgan fingerprint density at radius 3 is 2.44 bits per heavy atom. The highest BCUT2D eigenvalue weighted by molar-refractivity contribution is 5.26. The first-order valence-corrected chi connectivity index (χ1v) is 6.72. The number of nitrogens with zero attached hydrogens (tertiary/aromatic N) is 1. The van der Waals surface area contributed by atoms with Crippen molar-refractivity contribution in [2.75, 3.05) is 20.7 Å². The van der Waals surface area contributed by atoms with E-state index in [2.05, 4.69) is 31.0 Å². The molecule has 0 aliphatic carbocycles. The maximum Gasteiger partial charge on any atom is 0.118 e. The van der Waals surface area contributed by atoms with E-state index in [9.17, 15) is 0 Å². The minimum Gasteiger partial charge on any atom is -0.497 e. The molecule has 0 aliphatic heterocycles. The summed E-state index contributed by atoms with van der Waals surface area (Å²) >= 11 is 0. The topological polar surface area (TPSA) is 38.5 Å². The Labute approximate surface area is 111 Å². The summed E-state index contributed by atoms with van der Waals surface area (Å²) in [4.78, 5) is 2.32. The van der Waals surface area contributed by atoms with Gasteiger partial charge in [0.1, 0.15) is 5.75 Å². The molecule has 0 heterocycles. The zero-order valence-electron chi connectivity index (χ0n) is 11.9. The molecule has 2 N–H and O–H groups in total. The molecule has 3 heteroatoms. The van der Waals surface area contributed by atoms with Gasteiger partial charge in [-0.3, -0.25) is 0 Å². The summed E-state index contributed by atoms with van der Waals surface area (Å²) in [5.41, 5.74) is 7.33. The van der Waals surface area contributed by atoms with Crippen LogP contribution >= 0.6 is 0 Å². The van der Waals surface area contributed by atoms with Crippen molar-refractivity contribution in [1.82, 2.24) is 4.90 Å². The van der Waals surface area contributed by atoms with Crippen molar-refractivity contribution in [3.63, 3.8) is 0 Å². The number of rotatable bonds is 8. The van der Waals surface area contributed by atoms with Crippen LogP contribution in [0.1, 0.15) is 31.7 Å². The van der Waals surface area contributed by atoms with Crippen molar-refractivity contribution in [3.05, 3.63) is 29.8 Å². The van der Waals surface area contributed by atoms with Crippen LogP contribution in [0.25, 0.3) is 0 Å². The van der Waals surface area contributed by atoms with E-state index in [1.165, 1.54) is 12.0 Å². The smallest absolute Gasteiger partial charge is 0.118 e. The van der Waals surface area contributed by atoms with E-state index in [-0.39, 0.29) is 0 Å². The fourth-order valence-electron chi connectivity index (χ4n) is 2.02. The van der Waals surface area contributed by atoms with Gasteiger partial charge in [0.25, 0.3) is 0 Å². The summed E-state index contributed by atoms with van der Waals surface area (Å²) in [6.07, 6.45) is 3.36.